The number of non-ortho nitro benzene ring substituents is 1. The maximum Gasteiger partial charge on any atom is 0.269 e. The number of methoxy groups -OCH3 is 2. The lowest BCUT2D eigenvalue weighted by atomic mass is 9.94. The van der Waals surface area contributed by atoms with Gasteiger partial charge in [-0.15, -0.1) is 0 Å². The fraction of sp³-hybridized carbons (Fsp3) is 0.300. The number of allylic oxidation sites excluding steroid dienone is 1. The van der Waals surface area contributed by atoms with Crippen molar-refractivity contribution in [3.05, 3.63) is 63.7 Å². The van der Waals surface area contributed by atoms with Gasteiger partial charge in [0.25, 0.3) is 5.69 Å². The van der Waals surface area contributed by atoms with Gasteiger partial charge in [-0.25, -0.2) is 0 Å². The second kappa shape index (κ2) is 8.89. The molecule has 0 aliphatic carbocycles. The molecule has 0 radical (unpaired) electrons. The zero-order valence-corrected chi connectivity index (χ0v) is 15.1. The van der Waals surface area contributed by atoms with Crippen molar-refractivity contribution in [3.63, 3.8) is 0 Å². The molecule has 0 aliphatic rings. The first-order valence-corrected chi connectivity index (χ1v) is 8.32. The molecule has 6 heteroatoms. The Morgan fingerprint density at radius 3 is 2.35 bits per heavy atom. The van der Waals surface area contributed by atoms with Gasteiger partial charge >= 0.3 is 0 Å². The zero-order chi connectivity index (χ0) is 19.1. The molecule has 1 N–H and O–H groups in total. The van der Waals surface area contributed by atoms with Crippen LogP contribution in [0.2, 0.25) is 0 Å². The van der Waals surface area contributed by atoms with Crippen LogP contribution in [0.25, 0.3) is 6.08 Å². The van der Waals surface area contributed by atoms with Gasteiger partial charge in [-0.05, 0) is 42.5 Å². The summed E-state index contributed by atoms with van der Waals surface area (Å²) in [5.41, 5.74) is 1.81. The lowest BCUT2D eigenvalue weighted by Gasteiger charge is -2.16. The van der Waals surface area contributed by atoms with Gasteiger partial charge in [-0.3, -0.25) is 10.1 Å². The van der Waals surface area contributed by atoms with Gasteiger partial charge < -0.3 is 14.6 Å². The molecule has 2 aromatic rings. The topological polar surface area (TPSA) is 81.8 Å². The van der Waals surface area contributed by atoms with Crippen LogP contribution in [0.15, 0.2) is 42.5 Å². The molecule has 138 valence electrons. The summed E-state index contributed by atoms with van der Waals surface area (Å²) in [4.78, 5) is 10.2. The minimum Gasteiger partial charge on any atom is -0.508 e. The molecule has 1 atom stereocenters. The van der Waals surface area contributed by atoms with Crippen LogP contribution in [0.5, 0.6) is 17.2 Å². The van der Waals surface area contributed by atoms with Crippen molar-refractivity contribution in [1.29, 1.82) is 0 Å². The molecule has 0 saturated carbocycles. The van der Waals surface area contributed by atoms with Crippen molar-refractivity contribution >= 4 is 11.8 Å². The maximum absolute atomic E-state index is 10.6. The second-order valence-corrected chi connectivity index (χ2v) is 6.00. The molecule has 0 aliphatic heterocycles. The smallest absolute Gasteiger partial charge is 0.269 e. The van der Waals surface area contributed by atoms with Crippen molar-refractivity contribution in [2.24, 2.45) is 0 Å². The Bertz CT molecular complexity index is 784. The standard InChI is InChI=1S/C20H23NO5/c1-14(17-12-19(25-2)20(26-3)13-18(17)22)6-4-5-7-15-8-10-16(11-9-15)21(23)24/h5,7-14,22H,4,6H2,1-3H3/b7-5+. The van der Waals surface area contributed by atoms with E-state index in [1.165, 1.54) is 19.2 Å². The van der Waals surface area contributed by atoms with E-state index in [4.69, 9.17) is 9.47 Å². The summed E-state index contributed by atoms with van der Waals surface area (Å²) < 4.78 is 10.5. The number of benzene rings is 2. The molecule has 2 rings (SSSR count). The zero-order valence-electron chi connectivity index (χ0n) is 15.1. The fourth-order valence-corrected chi connectivity index (χ4v) is 2.71. The number of phenols is 1. The number of aromatic hydroxyl groups is 1. The van der Waals surface area contributed by atoms with Crippen molar-refractivity contribution in [3.8, 4) is 17.2 Å². The second-order valence-electron chi connectivity index (χ2n) is 6.00. The van der Waals surface area contributed by atoms with Gasteiger partial charge in [0.2, 0.25) is 0 Å². The Balaban J connectivity index is 1.98. The van der Waals surface area contributed by atoms with Crippen LogP contribution in [-0.2, 0) is 0 Å². The van der Waals surface area contributed by atoms with E-state index in [0.717, 1.165) is 24.0 Å². The summed E-state index contributed by atoms with van der Waals surface area (Å²) in [5.74, 6) is 1.42. The molecule has 6 nitrogen and oxygen atoms in total. The van der Waals surface area contributed by atoms with E-state index in [1.807, 2.05) is 19.1 Å². The number of hydrogen-bond acceptors (Lipinski definition) is 5. The first-order valence-electron chi connectivity index (χ1n) is 8.32. The molecule has 1 unspecified atom stereocenters. The Morgan fingerprint density at radius 1 is 1.15 bits per heavy atom. The lowest BCUT2D eigenvalue weighted by Crippen LogP contribution is -1.97. The number of ether oxygens (including phenoxy) is 2. The number of nitro benzene ring substituents is 1. The maximum atomic E-state index is 10.6. The average molecular weight is 357 g/mol. The van der Waals surface area contributed by atoms with E-state index in [0.29, 0.717) is 11.5 Å². The highest BCUT2D eigenvalue weighted by Crippen LogP contribution is 2.38. The van der Waals surface area contributed by atoms with Crippen molar-refractivity contribution < 1.29 is 19.5 Å². The minimum absolute atomic E-state index is 0.0831. The Hall–Kier alpha value is -3.02. The van der Waals surface area contributed by atoms with E-state index in [9.17, 15) is 15.2 Å². The van der Waals surface area contributed by atoms with Crippen LogP contribution in [0.3, 0.4) is 0 Å². The third-order valence-electron chi connectivity index (χ3n) is 4.24. The first-order chi connectivity index (χ1) is 12.5. The third-order valence-corrected chi connectivity index (χ3v) is 4.24. The highest BCUT2D eigenvalue weighted by molar-refractivity contribution is 5.52. The van der Waals surface area contributed by atoms with Crippen molar-refractivity contribution in [2.45, 2.75) is 25.7 Å². The average Bonchev–Trinajstić information content (AvgIpc) is 2.65. The van der Waals surface area contributed by atoms with Gasteiger partial charge in [0, 0.05) is 23.8 Å². The summed E-state index contributed by atoms with van der Waals surface area (Å²) >= 11 is 0. The number of rotatable bonds is 8. The van der Waals surface area contributed by atoms with Crippen molar-refractivity contribution in [1.82, 2.24) is 0 Å². The van der Waals surface area contributed by atoms with Crippen molar-refractivity contribution in [2.75, 3.05) is 14.2 Å². The quantitative estimate of drug-likeness (QED) is 0.536. The number of nitrogens with zero attached hydrogens (tertiary/aromatic N) is 1. The van der Waals surface area contributed by atoms with E-state index < -0.39 is 4.92 Å². The molecule has 0 aromatic heterocycles. The molecular formula is C20H23NO5. The van der Waals surface area contributed by atoms with Crippen LogP contribution < -0.4 is 9.47 Å². The molecule has 0 amide bonds. The van der Waals surface area contributed by atoms with Gasteiger partial charge in [0.05, 0.1) is 19.1 Å². The van der Waals surface area contributed by atoms with Gasteiger partial charge in [-0.2, -0.15) is 0 Å². The number of nitro groups is 1. The predicted molar refractivity (Wildman–Crippen MR) is 101 cm³/mol. The van der Waals surface area contributed by atoms with Crippen LogP contribution in [-0.4, -0.2) is 24.2 Å². The molecule has 26 heavy (non-hydrogen) atoms. The van der Waals surface area contributed by atoms with E-state index in [2.05, 4.69) is 0 Å². The van der Waals surface area contributed by atoms with Gasteiger partial charge in [-0.1, -0.05) is 19.1 Å². The van der Waals surface area contributed by atoms with E-state index >= 15 is 0 Å². The Labute approximate surface area is 152 Å². The summed E-state index contributed by atoms with van der Waals surface area (Å²) in [6, 6.07) is 9.79. The molecular weight excluding hydrogens is 334 g/mol. The van der Waals surface area contributed by atoms with Gasteiger partial charge in [0.1, 0.15) is 5.75 Å². The summed E-state index contributed by atoms with van der Waals surface area (Å²) in [6.45, 7) is 2.04. The minimum atomic E-state index is -0.412. The summed E-state index contributed by atoms with van der Waals surface area (Å²) in [6.07, 6.45) is 5.61. The highest BCUT2D eigenvalue weighted by atomic mass is 16.6. The Morgan fingerprint density at radius 2 is 1.77 bits per heavy atom. The van der Waals surface area contributed by atoms with E-state index in [-0.39, 0.29) is 17.4 Å². The molecule has 0 fully saturated rings. The predicted octanol–water partition coefficient (Wildman–Crippen LogP) is 4.91. The molecule has 0 heterocycles. The fourth-order valence-electron chi connectivity index (χ4n) is 2.71. The third kappa shape index (κ3) is 4.75. The molecule has 0 spiro atoms. The molecule has 2 aromatic carbocycles. The first kappa shape index (κ1) is 19.3. The number of hydrogen-bond donors (Lipinski definition) is 1. The van der Waals surface area contributed by atoms with Crippen LogP contribution >= 0.6 is 0 Å². The Kier molecular flexibility index (Phi) is 6.60. The lowest BCUT2D eigenvalue weighted by molar-refractivity contribution is -0.384. The van der Waals surface area contributed by atoms with Crippen LogP contribution in [0, 0.1) is 10.1 Å². The largest absolute Gasteiger partial charge is 0.508 e. The highest BCUT2D eigenvalue weighted by Gasteiger charge is 2.15. The van der Waals surface area contributed by atoms with Crippen LogP contribution in [0.4, 0.5) is 5.69 Å². The SMILES string of the molecule is COc1cc(O)c(C(C)CC/C=C/c2ccc([N+](=O)[O-])cc2)cc1OC. The monoisotopic (exact) mass is 357 g/mol. The molecule has 0 bridgehead atoms. The van der Waals surface area contributed by atoms with E-state index in [1.54, 1.807) is 31.4 Å². The molecule has 0 saturated heterocycles. The number of phenolic OH excluding ortho intramolecular Hbond substituents is 1. The summed E-state index contributed by atoms with van der Waals surface area (Å²) in [7, 11) is 3.10. The summed E-state index contributed by atoms with van der Waals surface area (Å²) in [5, 5.41) is 20.9. The normalized spacial score (nSPS) is 12.1. The van der Waals surface area contributed by atoms with Crippen LogP contribution in [0.1, 0.15) is 36.8 Å². The van der Waals surface area contributed by atoms with Gasteiger partial charge in [0.15, 0.2) is 11.5 Å².